The first-order valence-corrected chi connectivity index (χ1v) is 12.1. The summed E-state index contributed by atoms with van der Waals surface area (Å²) in [6, 6.07) is 13.2. The van der Waals surface area contributed by atoms with E-state index in [0.29, 0.717) is 35.1 Å². The molecule has 2 atom stereocenters. The molecule has 34 heavy (non-hydrogen) atoms. The van der Waals surface area contributed by atoms with Crippen LogP contribution in [0.3, 0.4) is 0 Å². The number of hydrogen-bond acceptors (Lipinski definition) is 6. The maximum absolute atomic E-state index is 12.2. The van der Waals surface area contributed by atoms with Gasteiger partial charge in [0, 0.05) is 24.1 Å². The molecule has 0 spiro atoms. The molecule has 2 unspecified atom stereocenters. The number of nitrogens with zero attached hydrogens (tertiary/aromatic N) is 2. The number of rotatable bonds is 8. The zero-order valence-corrected chi connectivity index (χ0v) is 20.9. The Labute approximate surface area is 209 Å². The molecular formula is C26H27Cl2N3O3. The van der Waals surface area contributed by atoms with Gasteiger partial charge in [-0.3, -0.25) is 0 Å². The molecule has 0 saturated carbocycles. The fourth-order valence-corrected chi connectivity index (χ4v) is 4.82. The van der Waals surface area contributed by atoms with E-state index >= 15 is 0 Å². The maximum atomic E-state index is 12.2. The molecule has 0 fully saturated rings. The van der Waals surface area contributed by atoms with E-state index in [1.54, 1.807) is 12.1 Å². The highest BCUT2D eigenvalue weighted by Crippen LogP contribution is 2.38. The number of nitrogens with one attached hydrogen (secondary N) is 1. The Bertz CT molecular complexity index is 1200. The Morgan fingerprint density at radius 3 is 2.56 bits per heavy atom. The molecule has 0 saturated heterocycles. The van der Waals surface area contributed by atoms with Crippen molar-refractivity contribution in [1.29, 1.82) is 0 Å². The highest BCUT2D eigenvalue weighted by atomic mass is 35.5. The lowest BCUT2D eigenvalue weighted by Crippen LogP contribution is -2.29. The number of halogens is 2. The van der Waals surface area contributed by atoms with E-state index in [2.05, 4.69) is 17.4 Å². The summed E-state index contributed by atoms with van der Waals surface area (Å²) in [4.78, 5) is 22.1. The fourth-order valence-electron chi connectivity index (χ4n) is 4.32. The van der Waals surface area contributed by atoms with E-state index in [4.69, 9.17) is 42.6 Å². The van der Waals surface area contributed by atoms with Gasteiger partial charge in [0.15, 0.2) is 0 Å². The lowest BCUT2D eigenvalue weighted by atomic mass is 10.1. The normalized spacial score (nSPS) is 16.9. The summed E-state index contributed by atoms with van der Waals surface area (Å²) >= 11 is 12.6. The molecule has 8 heteroatoms. The van der Waals surface area contributed by atoms with Crippen molar-refractivity contribution < 1.29 is 14.3 Å². The largest absolute Gasteiger partial charge is 0.458 e. The Kier molecular flexibility index (Phi) is 7.71. The number of methoxy groups -OCH3 is 1. The lowest BCUT2D eigenvalue weighted by molar-refractivity contribution is -0.153. The van der Waals surface area contributed by atoms with Gasteiger partial charge in [-0.05, 0) is 42.2 Å². The summed E-state index contributed by atoms with van der Waals surface area (Å²) in [7, 11) is 1.48. The van der Waals surface area contributed by atoms with Gasteiger partial charge in [-0.15, -0.1) is 0 Å². The van der Waals surface area contributed by atoms with Crippen molar-refractivity contribution in [3.63, 3.8) is 0 Å². The van der Waals surface area contributed by atoms with Crippen molar-refractivity contribution in [3.8, 4) is 11.3 Å². The van der Waals surface area contributed by atoms with E-state index in [1.807, 2.05) is 32.0 Å². The SMILES string of the molecule is CCc1nc(-c2ccc(Cl)cc2Cl)c(CC)nc1NC1c2ccccc2CC1OC(=O)COC. The molecule has 0 bridgehead atoms. The zero-order chi connectivity index (χ0) is 24.2. The predicted octanol–water partition coefficient (Wildman–Crippen LogP) is 5.84. The van der Waals surface area contributed by atoms with Crippen LogP contribution in [0, 0.1) is 0 Å². The zero-order valence-electron chi connectivity index (χ0n) is 19.4. The van der Waals surface area contributed by atoms with E-state index < -0.39 is 5.97 Å². The first-order valence-electron chi connectivity index (χ1n) is 11.3. The number of esters is 1. The van der Waals surface area contributed by atoms with Crippen LogP contribution in [0.4, 0.5) is 5.82 Å². The van der Waals surface area contributed by atoms with Crippen molar-refractivity contribution in [2.45, 2.75) is 45.3 Å². The Balaban J connectivity index is 1.72. The smallest absolute Gasteiger partial charge is 0.332 e. The third-order valence-corrected chi connectivity index (χ3v) is 6.46. The van der Waals surface area contributed by atoms with Crippen molar-refractivity contribution >= 4 is 35.0 Å². The molecule has 0 aliphatic heterocycles. The van der Waals surface area contributed by atoms with Crippen molar-refractivity contribution in [3.05, 3.63) is 75.0 Å². The Morgan fingerprint density at radius 1 is 1.09 bits per heavy atom. The molecule has 1 heterocycles. The lowest BCUT2D eigenvalue weighted by Gasteiger charge is -2.24. The molecule has 1 N–H and O–H groups in total. The third kappa shape index (κ3) is 5.04. The van der Waals surface area contributed by atoms with Crippen LogP contribution in [0.1, 0.15) is 42.4 Å². The molecule has 1 aromatic heterocycles. The van der Waals surface area contributed by atoms with Crippen LogP contribution < -0.4 is 5.32 Å². The second-order valence-electron chi connectivity index (χ2n) is 8.13. The molecule has 0 radical (unpaired) electrons. The van der Waals surface area contributed by atoms with Gasteiger partial charge in [0.1, 0.15) is 18.5 Å². The number of hydrogen-bond donors (Lipinski definition) is 1. The Hall–Kier alpha value is -2.67. The van der Waals surface area contributed by atoms with Gasteiger partial charge in [0.05, 0.1) is 28.1 Å². The van der Waals surface area contributed by atoms with Crippen LogP contribution in [0.5, 0.6) is 0 Å². The van der Waals surface area contributed by atoms with Gasteiger partial charge in [-0.25, -0.2) is 14.8 Å². The van der Waals surface area contributed by atoms with Crippen molar-refractivity contribution in [1.82, 2.24) is 9.97 Å². The molecule has 1 aliphatic rings. The van der Waals surface area contributed by atoms with Gasteiger partial charge in [0.25, 0.3) is 0 Å². The highest BCUT2D eigenvalue weighted by molar-refractivity contribution is 6.36. The summed E-state index contributed by atoms with van der Waals surface area (Å²) < 4.78 is 10.7. The molecule has 0 amide bonds. The number of carbonyl (C=O) groups excluding carboxylic acids is 1. The predicted molar refractivity (Wildman–Crippen MR) is 135 cm³/mol. The van der Waals surface area contributed by atoms with Crippen molar-refractivity contribution in [2.24, 2.45) is 0 Å². The van der Waals surface area contributed by atoms with Crippen LogP contribution in [0.2, 0.25) is 10.0 Å². The van der Waals surface area contributed by atoms with Crippen LogP contribution in [-0.2, 0) is 33.5 Å². The van der Waals surface area contributed by atoms with Crippen LogP contribution >= 0.6 is 23.2 Å². The van der Waals surface area contributed by atoms with Gasteiger partial charge in [-0.1, -0.05) is 61.3 Å². The number of aromatic nitrogens is 2. The van der Waals surface area contributed by atoms with Gasteiger partial charge in [-0.2, -0.15) is 0 Å². The minimum Gasteiger partial charge on any atom is -0.458 e. The number of benzene rings is 2. The number of anilines is 1. The van der Waals surface area contributed by atoms with Gasteiger partial charge in [0.2, 0.25) is 0 Å². The highest BCUT2D eigenvalue weighted by Gasteiger charge is 2.36. The average molecular weight is 500 g/mol. The summed E-state index contributed by atoms with van der Waals surface area (Å²) in [5.74, 6) is 0.290. The molecule has 6 nitrogen and oxygen atoms in total. The van der Waals surface area contributed by atoms with E-state index in [1.165, 1.54) is 7.11 Å². The second kappa shape index (κ2) is 10.7. The molecule has 178 valence electrons. The number of fused-ring (bicyclic) bond motifs is 1. The summed E-state index contributed by atoms with van der Waals surface area (Å²) in [6.45, 7) is 3.98. The summed E-state index contributed by atoms with van der Waals surface area (Å²) in [6.07, 6.45) is 1.59. The standard InChI is InChI=1S/C26H27Cl2N3O3/c1-4-20-24(18-11-10-16(27)13-19(18)28)29-21(5-2)26(30-20)31-25-17-9-7-6-8-15(17)12-22(25)34-23(32)14-33-3/h6-11,13,22,25H,4-5,12,14H2,1-3H3,(H,30,31). The first-order chi connectivity index (χ1) is 16.4. The minimum atomic E-state index is -0.393. The van der Waals surface area contributed by atoms with Crippen LogP contribution in [0.15, 0.2) is 42.5 Å². The third-order valence-electron chi connectivity index (χ3n) is 5.92. The Morgan fingerprint density at radius 2 is 1.85 bits per heavy atom. The average Bonchev–Trinajstić information content (AvgIpc) is 3.16. The number of ether oxygens (including phenoxy) is 2. The van der Waals surface area contributed by atoms with E-state index in [9.17, 15) is 4.79 Å². The van der Waals surface area contributed by atoms with Gasteiger partial charge >= 0.3 is 5.97 Å². The van der Waals surface area contributed by atoms with Gasteiger partial charge < -0.3 is 14.8 Å². The topological polar surface area (TPSA) is 73.3 Å². The van der Waals surface area contributed by atoms with Crippen LogP contribution in [0.25, 0.3) is 11.3 Å². The summed E-state index contributed by atoms with van der Waals surface area (Å²) in [5, 5.41) is 4.65. The summed E-state index contributed by atoms with van der Waals surface area (Å²) in [5.41, 5.74) is 5.41. The molecular weight excluding hydrogens is 473 g/mol. The number of aryl methyl sites for hydroxylation is 2. The molecule has 1 aliphatic carbocycles. The van der Waals surface area contributed by atoms with Crippen molar-refractivity contribution in [2.75, 3.05) is 19.0 Å². The molecule has 3 aromatic rings. The molecule has 4 rings (SSSR count). The fraction of sp³-hybridized carbons (Fsp3) is 0.346. The second-order valence-corrected chi connectivity index (χ2v) is 8.98. The van der Waals surface area contributed by atoms with E-state index in [0.717, 1.165) is 33.8 Å². The number of carbonyl (C=O) groups is 1. The maximum Gasteiger partial charge on any atom is 0.332 e. The monoisotopic (exact) mass is 499 g/mol. The minimum absolute atomic E-state index is 0.0872. The first kappa shape index (κ1) is 24.5. The van der Waals surface area contributed by atoms with E-state index in [-0.39, 0.29) is 18.8 Å². The quantitative estimate of drug-likeness (QED) is 0.392. The molecule has 2 aromatic carbocycles. The van der Waals surface area contributed by atoms with Crippen LogP contribution in [-0.4, -0.2) is 35.8 Å².